The maximum absolute atomic E-state index is 4.41. The fraction of sp³-hybridized carbons (Fsp3) is 1.00. The molecule has 0 radical (unpaired) electrons. The largest absolute Gasteiger partial charge is 0.300 e. The summed E-state index contributed by atoms with van der Waals surface area (Å²) in [6.07, 6.45) is 6.87. The van der Waals surface area contributed by atoms with Gasteiger partial charge in [-0.15, -0.1) is 0 Å². The summed E-state index contributed by atoms with van der Waals surface area (Å²) in [5, 5.41) is 0. The number of thiol groups is 1. The Balaban J connectivity index is 1.75. The van der Waals surface area contributed by atoms with Crippen molar-refractivity contribution in [3.8, 4) is 0 Å². The van der Waals surface area contributed by atoms with Crippen LogP contribution in [0.2, 0.25) is 0 Å². The first-order chi connectivity index (χ1) is 7.29. The zero-order valence-electron chi connectivity index (χ0n) is 9.86. The molecule has 2 nitrogen and oxygen atoms in total. The molecule has 0 aromatic heterocycles. The molecule has 0 bridgehead atoms. The van der Waals surface area contributed by atoms with Crippen molar-refractivity contribution >= 4 is 12.8 Å². The molecule has 2 aliphatic rings. The number of hydrogen-bond acceptors (Lipinski definition) is 3. The van der Waals surface area contributed by atoms with E-state index in [-0.39, 0.29) is 0 Å². The van der Waals surface area contributed by atoms with Crippen molar-refractivity contribution in [1.82, 2.24) is 9.21 Å². The van der Waals surface area contributed by atoms with Gasteiger partial charge in [-0.2, -0.15) is 0 Å². The number of piperidine rings is 2. The summed E-state index contributed by atoms with van der Waals surface area (Å²) in [4.78, 5) is 2.73. The fourth-order valence-corrected chi connectivity index (χ4v) is 3.17. The lowest BCUT2D eigenvalue weighted by Gasteiger charge is -2.40. The van der Waals surface area contributed by atoms with Crippen molar-refractivity contribution in [2.45, 2.75) is 45.1 Å². The normalized spacial score (nSPS) is 28.4. The molecule has 3 heteroatoms. The van der Waals surface area contributed by atoms with E-state index >= 15 is 0 Å². The van der Waals surface area contributed by atoms with Crippen LogP contribution in [0, 0.1) is 5.92 Å². The molecule has 0 saturated carbocycles. The zero-order chi connectivity index (χ0) is 10.7. The molecular weight excluding hydrogens is 204 g/mol. The zero-order valence-corrected chi connectivity index (χ0v) is 10.8. The number of nitrogens with zero attached hydrogens (tertiary/aromatic N) is 2. The predicted molar refractivity (Wildman–Crippen MR) is 68.2 cm³/mol. The van der Waals surface area contributed by atoms with Gasteiger partial charge in [0, 0.05) is 19.1 Å². The van der Waals surface area contributed by atoms with Crippen molar-refractivity contribution in [1.29, 1.82) is 0 Å². The van der Waals surface area contributed by atoms with E-state index in [1.807, 2.05) is 0 Å². The van der Waals surface area contributed by atoms with Crippen LogP contribution < -0.4 is 0 Å². The van der Waals surface area contributed by atoms with E-state index in [2.05, 4.69) is 28.9 Å². The molecule has 0 spiro atoms. The maximum Gasteiger partial charge on any atom is 0.0120 e. The van der Waals surface area contributed by atoms with Gasteiger partial charge in [-0.3, -0.25) is 4.31 Å². The number of rotatable bonds is 2. The van der Waals surface area contributed by atoms with Crippen LogP contribution in [0.3, 0.4) is 0 Å². The Hall–Kier alpha value is 0.270. The highest BCUT2D eigenvalue weighted by Crippen LogP contribution is 2.25. The Morgan fingerprint density at radius 3 is 2.13 bits per heavy atom. The molecule has 2 heterocycles. The molecule has 0 atom stereocenters. The second-order valence-corrected chi connectivity index (χ2v) is 5.64. The number of likely N-dealkylation sites (tertiary alicyclic amines) is 1. The molecule has 0 aromatic carbocycles. The quantitative estimate of drug-likeness (QED) is 0.725. The molecule has 2 fully saturated rings. The molecule has 2 aliphatic heterocycles. The van der Waals surface area contributed by atoms with Gasteiger partial charge in [-0.1, -0.05) is 26.2 Å². The Kier molecular flexibility index (Phi) is 4.35. The summed E-state index contributed by atoms with van der Waals surface area (Å²) in [7, 11) is 0. The highest BCUT2D eigenvalue weighted by atomic mass is 32.1. The highest BCUT2D eigenvalue weighted by molar-refractivity contribution is 7.77. The van der Waals surface area contributed by atoms with Crippen molar-refractivity contribution < 1.29 is 0 Å². The van der Waals surface area contributed by atoms with E-state index in [1.54, 1.807) is 0 Å². The molecular formula is C12H24N2S. The summed E-state index contributed by atoms with van der Waals surface area (Å²) in [5.41, 5.74) is 0. The van der Waals surface area contributed by atoms with E-state index < -0.39 is 0 Å². The van der Waals surface area contributed by atoms with Crippen LogP contribution in [-0.2, 0) is 0 Å². The molecule has 0 unspecified atom stereocenters. The first kappa shape index (κ1) is 11.7. The van der Waals surface area contributed by atoms with Crippen molar-refractivity contribution in [2.75, 3.05) is 26.2 Å². The standard InChI is InChI=1S/C12H24N2S/c1-2-11-3-7-13(8-4-11)12-5-9-14(15)10-6-12/h11-12,15H,2-10H2,1H3. The SMILES string of the molecule is CCC1CCN(C2CCN(S)CC2)CC1. The minimum Gasteiger partial charge on any atom is -0.300 e. The number of hydrogen-bond donors (Lipinski definition) is 1. The first-order valence-electron chi connectivity index (χ1n) is 6.47. The molecule has 0 N–H and O–H groups in total. The van der Waals surface area contributed by atoms with Gasteiger partial charge in [-0.05, 0) is 44.7 Å². The van der Waals surface area contributed by atoms with Crippen LogP contribution in [0.25, 0.3) is 0 Å². The van der Waals surface area contributed by atoms with Gasteiger partial charge < -0.3 is 4.90 Å². The van der Waals surface area contributed by atoms with Gasteiger partial charge in [-0.25, -0.2) is 0 Å². The lowest BCUT2D eigenvalue weighted by molar-refractivity contribution is 0.0984. The third-order valence-corrected chi connectivity index (χ3v) is 4.58. The van der Waals surface area contributed by atoms with Crippen LogP contribution in [0.1, 0.15) is 39.0 Å². The monoisotopic (exact) mass is 228 g/mol. The van der Waals surface area contributed by atoms with E-state index in [1.165, 1.54) is 58.3 Å². The lowest BCUT2D eigenvalue weighted by Crippen LogP contribution is -2.46. The summed E-state index contributed by atoms with van der Waals surface area (Å²) in [6.45, 7) is 7.36. The van der Waals surface area contributed by atoms with Crippen LogP contribution >= 0.6 is 12.8 Å². The highest BCUT2D eigenvalue weighted by Gasteiger charge is 2.26. The van der Waals surface area contributed by atoms with Crippen LogP contribution in [0.5, 0.6) is 0 Å². The Bertz CT molecular complexity index is 182. The smallest absolute Gasteiger partial charge is 0.0120 e. The van der Waals surface area contributed by atoms with E-state index in [0.29, 0.717) is 0 Å². The summed E-state index contributed by atoms with van der Waals surface area (Å²) >= 11 is 4.41. The minimum atomic E-state index is 0.853. The lowest BCUT2D eigenvalue weighted by atomic mass is 9.92. The van der Waals surface area contributed by atoms with Gasteiger partial charge in [0.25, 0.3) is 0 Å². The Morgan fingerprint density at radius 1 is 1.00 bits per heavy atom. The Morgan fingerprint density at radius 2 is 1.60 bits per heavy atom. The minimum absolute atomic E-state index is 0.853. The van der Waals surface area contributed by atoms with Gasteiger partial charge >= 0.3 is 0 Å². The molecule has 2 rings (SSSR count). The molecule has 15 heavy (non-hydrogen) atoms. The van der Waals surface area contributed by atoms with Crippen molar-refractivity contribution in [2.24, 2.45) is 5.92 Å². The average Bonchev–Trinajstić information content (AvgIpc) is 2.30. The molecule has 2 saturated heterocycles. The second-order valence-electron chi connectivity index (χ2n) is 5.07. The summed E-state index contributed by atoms with van der Waals surface area (Å²) in [5.74, 6) is 1.01. The maximum atomic E-state index is 4.41. The molecule has 0 aromatic rings. The van der Waals surface area contributed by atoms with Crippen LogP contribution in [0.15, 0.2) is 0 Å². The van der Waals surface area contributed by atoms with Crippen LogP contribution in [0.4, 0.5) is 0 Å². The molecule has 0 amide bonds. The van der Waals surface area contributed by atoms with Crippen molar-refractivity contribution in [3.05, 3.63) is 0 Å². The first-order valence-corrected chi connectivity index (χ1v) is 6.87. The van der Waals surface area contributed by atoms with Gasteiger partial charge in [0.15, 0.2) is 0 Å². The van der Waals surface area contributed by atoms with Gasteiger partial charge in [0.1, 0.15) is 0 Å². The van der Waals surface area contributed by atoms with E-state index in [0.717, 1.165) is 12.0 Å². The topological polar surface area (TPSA) is 6.48 Å². The van der Waals surface area contributed by atoms with Gasteiger partial charge in [0.2, 0.25) is 0 Å². The fourth-order valence-electron chi connectivity index (χ4n) is 2.94. The Labute approximate surface area is 99.6 Å². The average molecular weight is 228 g/mol. The third kappa shape index (κ3) is 3.11. The molecule has 0 aliphatic carbocycles. The van der Waals surface area contributed by atoms with Crippen molar-refractivity contribution in [3.63, 3.8) is 0 Å². The van der Waals surface area contributed by atoms with Crippen LogP contribution in [-0.4, -0.2) is 41.4 Å². The van der Waals surface area contributed by atoms with E-state index in [4.69, 9.17) is 0 Å². The summed E-state index contributed by atoms with van der Waals surface area (Å²) in [6, 6.07) is 0.853. The van der Waals surface area contributed by atoms with Gasteiger partial charge in [0.05, 0.1) is 0 Å². The molecule has 88 valence electrons. The second kappa shape index (κ2) is 5.55. The summed E-state index contributed by atoms with van der Waals surface area (Å²) < 4.78 is 2.16. The predicted octanol–water partition coefficient (Wildman–Crippen LogP) is 2.42. The van der Waals surface area contributed by atoms with E-state index in [9.17, 15) is 0 Å². The third-order valence-electron chi connectivity index (χ3n) is 4.18.